The van der Waals surface area contributed by atoms with Gasteiger partial charge >= 0.3 is 5.97 Å². The Morgan fingerprint density at radius 1 is 0.850 bits per heavy atom. The number of hydrogen-bond donors (Lipinski definition) is 1. The van der Waals surface area contributed by atoms with Crippen molar-refractivity contribution < 1.29 is 28.5 Å². The van der Waals surface area contributed by atoms with Gasteiger partial charge in [0, 0.05) is 6.04 Å². The van der Waals surface area contributed by atoms with Gasteiger partial charge in [0.2, 0.25) is 5.75 Å². The lowest BCUT2D eigenvalue weighted by Crippen LogP contribution is -2.42. The largest absolute Gasteiger partial charge is 0.493 e. The van der Waals surface area contributed by atoms with Crippen LogP contribution in [0, 0.1) is 5.92 Å². The van der Waals surface area contributed by atoms with Gasteiger partial charge in [-0.1, -0.05) is 74.4 Å². The summed E-state index contributed by atoms with van der Waals surface area (Å²) in [6.07, 6.45) is 6.01. The van der Waals surface area contributed by atoms with E-state index in [0.717, 1.165) is 30.4 Å². The molecule has 0 aliphatic heterocycles. The molecule has 0 saturated heterocycles. The van der Waals surface area contributed by atoms with Gasteiger partial charge in [-0.3, -0.25) is 4.79 Å². The molecule has 0 unspecified atom stereocenters. The smallest absolute Gasteiger partial charge is 0.339 e. The topological polar surface area (TPSA) is 83.1 Å². The Hall–Kier alpha value is -4.26. The molecule has 0 bridgehead atoms. The van der Waals surface area contributed by atoms with Crippen LogP contribution in [0.25, 0.3) is 22.8 Å². The van der Waals surface area contributed by atoms with Gasteiger partial charge in [-0.15, -0.1) is 0 Å². The van der Waals surface area contributed by atoms with Crippen molar-refractivity contribution in [3.63, 3.8) is 0 Å². The third-order valence-electron chi connectivity index (χ3n) is 7.31. The molecule has 1 N–H and O–H groups in total. The summed E-state index contributed by atoms with van der Waals surface area (Å²) in [6, 6.07) is 21.3. The standard InChI is InChI=1S/C33H37NO6/c1-22-10-8-9-13-28(22)34-31(35)21-40-33(36)27(18-23-19-29(37-2)32(39-4)30(20-23)38-3)26-16-14-25(15-17-26)24-11-6-5-7-12-24/h5-7,11-12,14-20,22,28H,8-10,13,21H2,1-4H3,(H,34,35)/b27-18+/t22-,28-/m0/s1. The fourth-order valence-corrected chi connectivity index (χ4v) is 5.07. The van der Waals surface area contributed by atoms with E-state index in [9.17, 15) is 9.59 Å². The number of amides is 1. The summed E-state index contributed by atoms with van der Waals surface area (Å²) < 4.78 is 21.9. The number of carbonyl (C=O) groups excluding carboxylic acids is 2. The monoisotopic (exact) mass is 543 g/mol. The molecule has 4 rings (SSSR count). The van der Waals surface area contributed by atoms with E-state index in [4.69, 9.17) is 18.9 Å². The number of carbonyl (C=O) groups is 2. The molecule has 1 aliphatic carbocycles. The van der Waals surface area contributed by atoms with E-state index < -0.39 is 5.97 Å². The number of benzene rings is 3. The zero-order valence-corrected chi connectivity index (χ0v) is 23.6. The van der Waals surface area contributed by atoms with Gasteiger partial charge in [-0.25, -0.2) is 4.79 Å². The van der Waals surface area contributed by atoms with Crippen LogP contribution in [0.3, 0.4) is 0 Å². The molecule has 0 heterocycles. The Morgan fingerprint density at radius 3 is 2.08 bits per heavy atom. The van der Waals surface area contributed by atoms with Crippen molar-refractivity contribution in [3.8, 4) is 28.4 Å². The normalized spacial score (nSPS) is 17.1. The predicted molar refractivity (Wildman–Crippen MR) is 156 cm³/mol. The van der Waals surface area contributed by atoms with E-state index in [0.29, 0.717) is 39.9 Å². The molecule has 1 amide bonds. The zero-order chi connectivity index (χ0) is 28.5. The highest BCUT2D eigenvalue weighted by atomic mass is 16.5. The number of rotatable bonds is 10. The van der Waals surface area contributed by atoms with E-state index in [1.807, 2.05) is 54.6 Å². The summed E-state index contributed by atoms with van der Waals surface area (Å²) in [5.74, 6) is 0.883. The summed E-state index contributed by atoms with van der Waals surface area (Å²) in [6.45, 7) is 1.80. The van der Waals surface area contributed by atoms with E-state index in [-0.39, 0.29) is 18.6 Å². The first-order chi connectivity index (χ1) is 19.4. The highest BCUT2D eigenvalue weighted by molar-refractivity contribution is 6.22. The fourth-order valence-electron chi connectivity index (χ4n) is 5.07. The van der Waals surface area contributed by atoms with Gasteiger partial charge in [0.15, 0.2) is 18.1 Å². The second-order valence-corrected chi connectivity index (χ2v) is 9.97. The Kier molecular flexibility index (Phi) is 9.84. The molecule has 210 valence electrons. The molecule has 7 nitrogen and oxygen atoms in total. The molecule has 1 aliphatic rings. The molecule has 0 spiro atoms. The van der Waals surface area contributed by atoms with Crippen molar-refractivity contribution in [2.24, 2.45) is 5.92 Å². The summed E-state index contributed by atoms with van der Waals surface area (Å²) in [7, 11) is 4.61. The van der Waals surface area contributed by atoms with Gasteiger partial charge in [0.1, 0.15) is 0 Å². The third kappa shape index (κ3) is 7.03. The summed E-state index contributed by atoms with van der Waals surface area (Å²) >= 11 is 0. The van der Waals surface area contributed by atoms with Crippen LogP contribution in [0.4, 0.5) is 0 Å². The maximum Gasteiger partial charge on any atom is 0.339 e. The van der Waals surface area contributed by atoms with E-state index in [1.54, 1.807) is 18.2 Å². The van der Waals surface area contributed by atoms with Crippen LogP contribution in [0.2, 0.25) is 0 Å². The van der Waals surface area contributed by atoms with Crippen LogP contribution in [-0.2, 0) is 14.3 Å². The highest BCUT2D eigenvalue weighted by Gasteiger charge is 2.24. The van der Waals surface area contributed by atoms with Gasteiger partial charge in [-0.05, 0) is 59.2 Å². The van der Waals surface area contributed by atoms with Crippen LogP contribution in [-0.4, -0.2) is 45.9 Å². The first-order valence-corrected chi connectivity index (χ1v) is 13.6. The number of ether oxygens (including phenoxy) is 4. The number of methoxy groups -OCH3 is 3. The molecule has 40 heavy (non-hydrogen) atoms. The molecule has 0 radical (unpaired) electrons. The first-order valence-electron chi connectivity index (χ1n) is 13.6. The quantitative estimate of drug-likeness (QED) is 0.187. The van der Waals surface area contributed by atoms with Crippen molar-refractivity contribution in [1.29, 1.82) is 0 Å². The minimum absolute atomic E-state index is 0.111. The van der Waals surface area contributed by atoms with Crippen molar-refractivity contribution in [2.45, 2.75) is 38.6 Å². The molecule has 3 aromatic carbocycles. The number of nitrogens with one attached hydrogen (secondary N) is 1. The van der Waals surface area contributed by atoms with E-state index in [1.165, 1.54) is 27.8 Å². The highest BCUT2D eigenvalue weighted by Crippen LogP contribution is 2.39. The zero-order valence-electron chi connectivity index (χ0n) is 23.6. The minimum atomic E-state index is -0.604. The summed E-state index contributed by atoms with van der Waals surface area (Å²) in [5, 5.41) is 3.04. The lowest BCUT2D eigenvalue weighted by molar-refractivity contribution is -0.143. The molecule has 2 atom stereocenters. The lowest BCUT2D eigenvalue weighted by Gasteiger charge is -2.29. The average Bonchev–Trinajstić information content (AvgIpc) is 2.99. The number of hydrogen-bond acceptors (Lipinski definition) is 6. The lowest BCUT2D eigenvalue weighted by atomic mass is 9.86. The van der Waals surface area contributed by atoms with Crippen LogP contribution < -0.4 is 19.5 Å². The van der Waals surface area contributed by atoms with Crippen molar-refractivity contribution >= 4 is 23.5 Å². The van der Waals surface area contributed by atoms with Gasteiger partial charge < -0.3 is 24.3 Å². The van der Waals surface area contributed by atoms with Crippen molar-refractivity contribution in [1.82, 2.24) is 5.32 Å². The Balaban J connectivity index is 1.62. The molecule has 7 heteroatoms. The molecule has 1 fully saturated rings. The van der Waals surface area contributed by atoms with E-state index >= 15 is 0 Å². The van der Waals surface area contributed by atoms with Crippen LogP contribution in [0.1, 0.15) is 43.7 Å². The fraction of sp³-hybridized carbons (Fsp3) is 0.333. The molecular formula is C33H37NO6. The Morgan fingerprint density at radius 2 is 1.48 bits per heavy atom. The predicted octanol–water partition coefficient (Wildman–Crippen LogP) is 6.16. The van der Waals surface area contributed by atoms with Crippen molar-refractivity contribution in [3.05, 3.63) is 77.9 Å². The third-order valence-corrected chi connectivity index (χ3v) is 7.31. The van der Waals surface area contributed by atoms with Gasteiger partial charge in [-0.2, -0.15) is 0 Å². The Bertz CT molecular complexity index is 1310. The summed E-state index contributed by atoms with van der Waals surface area (Å²) in [4.78, 5) is 26.1. The number of esters is 1. The SMILES string of the molecule is COc1cc(/C=C(/C(=O)OCC(=O)N[C@H]2CCCC[C@@H]2C)c2ccc(-c3ccccc3)cc2)cc(OC)c1OC. The average molecular weight is 544 g/mol. The van der Waals surface area contributed by atoms with E-state index in [2.05, 4.69) is 12.2 Å². The minimum Gasteiger partial charge on any atom is -0.493 e. The molecule has 3 aromatic rings. The second kappa shape index (κ2) is 13.7. The maximum atomic E-state index is 13.4. The second-order valence-electron chi connectivity index (χ2n) is 9.97. The van der Waals surface area contributed by atoms with Crippen LogP contribution in [0.15, 0.2) is 66.7 Å². The maximum absolute atomic E-state index is 13.4. The molecule has 1 saturated carbocycles. The van der Waals surface area contributed by atoms with Crippen LogP contribution >= 0.6 is 0 Å². The Labute approximate surface area is 236 Å². The van der Waals surface area contributed by atoms with Gasteiger partial charge in [0.25, 0.3) is 5.91 Å². The van der Waals surface area contributed by atoms with Crippen molar-refractivity contribution in [2.75, 3.05) is 27.9 Å². The summed E-state index contributed by atoms with van der Waals surface area (Å²) in [5.41, 5.74) is 3.69. The van der Waals surface area contributed by atoms with Gasteiger partial charge in [0.05, 0.1) is 26.9 Å². The van der Waals surface area contributed by atoms with Crippen LogP contribution in [0.5, 0.6) is 17.2 Å². The molecular weight excluding hydrogens is 506 g/mol. The molecule has 0 aromatic heterocycles. The first kappa shape index (κ1) is 28.7.